The molecule has 1 N–H and O–H groups in total. The van der Waals surface area contributed by atoms with Gasteiger partial charge in [-0.3, -0.25) is 4.79 Å². The number of benzene rings is 2. The Morgan fingerprint density at radius 3 is 2.86 bits per heavy atom. The van der Waals surface area contributed by atoms with Crippen LogP contribution in [0.25, 0.3) is 0 Å². The summed E-state index contributed by atoms with van der Waals surface area (Å²) in [5.41, 5.74) is 1.73. The van der Waals surface area contributed by atoms with Crippen molar-refractivity contribution in [1.82, 2.24) is 14.8 Å². The third-order valence-corrected chi connectivity index (χ3v) is 5.39. The van der Waals surface area contributed by atoms with Crippen molar-refractivity contribution in [3.63, 3.8) is 0 Å². The number of nitrogens with zero attached hydrogens (tertiary/aromatic N) is 3. The molecule has 7 nitrogen and oxygen atoms in total. The highest BCUT2D eigenvalue weighted by Crippen LogP contribution is 2.26. The van der Waals surface area contributed by atoms with E-state index in [0.717, 1.165) is 5.56 Å². The van der Waals surface area contributed by atoms with Crippen molar-refractivity contribution < 1.29 is 14.3 Å². The lowest BCUT2D eigenvalue weighted by Crippen LogP contribution is -2.14. The van der Waals surface area contributed by atoms with E-state index in [1.54, 1.807) is 29.9 Å². The molecule has 9 heteroatoms. The van der Waals surface area contributed by atoms with Crippen LogP contribution in [0.5, 0.6) is 11.5 Å². The van der Waals surface area contributed by atoms with Crippen molar-refractivity contribution in [2.24, 2.45) is 7.05 Å². The molecule has 0 aliphatic carbocycles. The molecule has 1 heterocycles. The zero-order valence-electron chi connectivity index (χ0n) is 16.3. The standard InChI is InChI=1S/C20H21ClN4O3S/c1-13-7-8-16(21)17(9-13)28-11-18-23-24-20(25(18)2)29-12-19(26)22-14-5-4-6-15(10-14)27-3/h4-10H,11-12H2,1-3H3,(H,22,26). The van der Waals surface area contributed by atoms with Gasteiger partial charge in [0.2, 0.25) is 5.91 Å². The van der Waals surface area contributed by atoms with E-state index in [4.69, 9.17) is 21.1 Å². The van der Waals surface area contributed by atoms with Gasteiger partial charge in [0.15, 0.2) is 11.0 Å². The Morgan fingerprint density at radius 1 is 1.24 bits per heavy atom. The van der Waals surface area contributed by atoms with Gasteiger partial charge in [0.05, 0.1) is 17.9 Å². The average Bonchev–Trinajstić information content (AvgIpc) is 3.06. The summed E-state index contributed by atoms with van der Waals surface area (Å²) in [7, 11) is 3.41. The van der Waals surface area contributed by atoms with Crippen LogP contribution in [-0.4, -0.2) is 33.5 Å². The molecule has 3 rings (SSSR count). The van der Waals surface area contributed by atoms with Crippen LogP contribution in [0.15, 0.2) is 47.6 Å². The summed E-state index contributed by atoms with van der Waals surface area (Å²) in [6.45, 7) is 2.19. The number of amides is 1. The second-order valence-corrected chi connectivity index (χ2v) is 7.60. The van der Waals surface area contributed by atoms with Gasteiger partial charge < -0.3 is 19.4 Å². The van der Waals surface area contributed by atoms with Crippen LogP contribution in [0.4, 0.5) is 5.69 Å². The molecule has 0 fully saturated rings. The van der Waals surface area contributed by atoms with E-state index in [2.05, 4.69) is 15.5 Å². The van der Waals surface area contributed by atoms with E-state index in [0.29, 0.717) is 33.2 Å². The van der Waals surface area contributed by atoms with Gasteiger partial charge in [-0.2, -0.15) is 0 Å². The highest BCUT2D eigenvalue weighted by atomic mass is 35.5. The van der Waals surface area contributed by atoms with Gasteiger partial charge in [-0.1, -0.05) is 35.5 Å². The fourth-order valence-corrected chi connectivity index (χ4v) is 3.39. The van der Waals surface area contributed by atoms with E-state index in [-0.39, 0.29) is 18.3 Å². The summed E-state index contributed by atoms with van der Waals surface area (Å²) < 4.78 is 12.7. The van der Waals surface area contributed by atoms with Crippen molar-refractivity contribution in [2.45, 2.75) is 18.7 Å². The Morgan fingerprint density at radius 2 is 2.07 bits per heavy atom. The summed E-state index contributed by atoms with van der Waals surface area (Å²) in [4.78, 5) is 12.2. The Bertz CT molecular complexity index is 1010. The van der Waals surface area contributed by atoms with Crippen LogP contribution in [0, 0.1) is 6.92 Å². The number of halogens is 1. The number of hydrogen-bond acceptors (Lipinski definition) is 6. The maximum atomic E-state index is 12.2. The van der Waals surface area contributed by atoms with E-state index in [1.807, 2.05) is 38.2 Å². The molecular formula is C20H21ClN4O3S. The minimum Gasteiger partial charge on any atom is -0.497 e. The first-order valence-corrected chi connectivity index (χ1v) is 10.2. The fourth-order valence-electron chi connectivity index (χ4n) is 2.49. The zero-order valence-corrected chi connectivity index (χ0v) is 17.9. The summed E-state index contributed by atoms with van der Waals surface area (Å²) in [6, 6.07) is 12.8. The molecule has 3 aromatic rings. The van der Waals surface area contributed by atoms with Gasteiger partial charge >= 0.3 is 0 Å². The SMILES string of the molecule is COc1cccc(NC(=O)CSc2nnc(COc3cc(C)ccc3Cl)n2C)c1. The summed E-state index contributed by atoms with van der Waals surface area (Å²) >= 11 is 7.45. The van der Waals surface area contributed by atoms with Crippen molar-refractivity contribution in [1.29, 1.82) is 0 Å². The molecule has 0 atom stereocenters. The third kappa shape index (κ3) is 5.65. The highest BCUT2D eigenvalue weighted by molar-refractivity contribution is 7.99. The molecule has 0 saturated heterocycles. The maximum Gasteiger partial charge on any atom is 0.234 e. The summed E-state index contributed by atoms with van der Waals surface area (Å²) in [5, 5.41) is 12.3. The van der Waals surface area contributed by atoms with Crippen LogP contribution in [0.3, 0.4) is 0 Å². The number of methoxy groups -OCH3 is 1. The zero-order chi connectivity index (χ0) is 20.8. The van der Waals surface area contributed by atoms with Gasteiger partial charge in [0.25, 0.3) is 0 Å². The minimum atomic E-state index is -0.143. The van der Waals surface area contributed by atoms with Crippen molar-refractivity contribution >= 4 is 35.0 Å². The first kappa shape index (κ1) is 21.0. The number of hydrogen-bond donors (Lipinski definition) is 1. The number of ether oxygens (including phenoxy) is 2. The summed E-state index contributed by atoms with van der Waals surface area (Å²) in [6.07, 6.45) is 0. The number of nitrogens with one attached hydrogen (secondary N) is 1. The predicted octanol–water partition coefficient (Wildman–Crippen LogP) is 4.10. The number of rotatable bonds is 8. The number of carbonyl (C=O) groups is 1. The van der Waals surface area contributed by atoms with Crippen LogP contribution >= 0.6 is 23.4 Å². The van der Waals surface area contributed by atoms with Gasteiger partial charge in [0, 0.05) is 18.8 Å². The first-order chi connectivity index (χ1) is 14.0. The Labute approximate surface area is 178 Å². The number of aromatic nitrogens is 3. The summed E-state index contributed by atoms with van der Waals surface area (Å²) in [5.74, 6) is 1.98. The van der Waals surface area contributed by atoms with Crippen LogP contribution in [-0.2, 0) is 18.4 Å². The molecule has 0 radical (unpaired) electrons. The van der Waals surface area contributed by atoms with E-state index >= 15 is 0 Å². The molecule has 0 bridgehead atoms. The van der Waals surface area contributed by atoms with E-state index in [1.165, 1.54) is 11.8 Å². The van der Waals surface area contributed by atoms with Gasteiger partial charge in [-0.05, 0) is 36.8 Å². The maximum absolute atomic E-state index is 12.2. The van der Waals surface area contributed by atoms with Gasteiger partial charge in [-0.15, -0.1) is 10.2 Å². The van der Waals surface area contributed by atoms with Gasteiger partial charge in [-0.25, -0.2) is 0 Å². The predicted molar refractivity (Wildman–Crippen MR) is 114 cm³/mol. The molecule has 1 amide bonds. The second-order valence-electron chi connectivity index (χ2n) is 6.25. The lowest BCUT2D eigenvalue weighted by molar-refractivity contribution is -0.113. The third-order valence-electron chi connectivity index (χ3n) is 4.05. The molecule has 0 saturated carbocycles. The van der Waals surface area contributed by atoms with Crippen molar-refractivity contribution in [2.75, 3.05) is 18.2 Å². The lowest BCUT2D eigenvalue weighted by Gasteiger charge is -2.09. The average molecular weight is 433 g/mol. The smallest absolute Gasteiger partial charge is 0.234 e. The van der Waals surface area contributed by atoms with Gasteiger partial charge in [0.1, 0.15) is 18.1 Å². The number of thioether (sulfide) groups is 1. The molecule has 2 aromatic carbocycles. The van der Waals surface area contributed by atoms with E-state index < -0.39 is 0 Å². The molecular weight excluding hydrogens is 412 g/mol. The molecule has 0 unspecified atom stereocenters. The van der Waals surface area contributed by atoms with Crippen molar-refractivity contribution in [3.05, 3.63) is 58.9 Å². The quantitative estimate of drug-likeness (QED) is 0.540. The molecule has 1 aromatic heterocycles. The number of anilines is 1. The molecule has 0 spiro atoms. The largest absolute Gasteiger partial charge is 0.497 e. The second kappa shape index (κ2) is 9.67. The molecule has 0 aliphatic rings. The topological polar surface area (TPSA) is 78.3 Å². The Balaban J connectivity index is 1.55. The number of carbonyl (C=O) groups excluding carboxylic acids is 1. The van der Waals surface area contributed by atoms with Crippen molar-refractivity contribution in [3.8, 4) is 11.5 Å². The van der Waals surface area contributed by atoms with Crippen LogP contribution < -0.4 is 14.8 Å². The number of aryl methyl sites for hydroxylation is 1. The monoisotopic (exact) mass is 432 g/mol. The first-order valence-electron chi connectivity index (χ1n) is 8.80. The molecule has 152 valence electrons. The van der Waals surface area contributed by atoms with Crippen LogP contribution in [0.2, 0.25) is 5.02 Å². The Hall–Kier alpha value is -2.71. The van der Waals surface area contributed by atoms with E-state index in [9.17, 15) is 4.79 Å². The highest BCUT2D eigenvalue weighted by Gasteiger charge is 2.13. The lowest BCUT2D eigenvalue weighted by atomic mass is 10.2. The minimum absolute atomic E-state index is 0.143. The fraction of sp³-hybridized carbons (Fsp3) is 0.250. The molecule has 29 heavy (non-hydrogen) atoms. The normalized spacial score (nSPS) is 10.6. The Kier molecular flexibility index (Phi) is 7.00. The molecule has 0 aliphatic heterocycles. The van der Waals surface area contributed by atoms with Crippen LogP contribution in [0.1, 0.15) is 11.4 Å².